The van der Waals surface area contributed by atoms with Crippen LogP contribution in [-0.2, 0) is 0 Å². The Kier molecular flexibility index (Phi) is 4.90. The number of likely N-dealkylation sites (N-methyl/N-ethyl adjacent to an activating group) is 1. The van der Waals surface area contributed by atoms with E-state index in [0.717, 1.165) is 16.6 Å². The van der Waals surface area contributed by atoms with Crippen molar-refractivity contribution in [2.45, 2.75) is 33.3 Å². The Morgan fingerprint density at radius 1 is 1.35 bits per heavy atom. The van der Waals surface area contributed by atoms with Gasteiger partial charge in [-0.15, -0.1) is 0 Å². The fourth-order valence-corrected chi connectivity index (χ4v) is 2.61. The molecule has 1 amide bonds. The van der Waals surface area contributed by atoms with Crippen LogP contribution < -0.4 is 4.74 Å². The zero-order valence-corrected chi connectivity index (χ0v) is 14.4. The summed E-state index contributed by atoms with van der Waals surface area (Å²) in [6, 6.07) is 7.30. The van der Waals surface area contributed by atoms with Gasteiger partial charge in [0.15, 0.2) is 0 Å². The number of aromatic nitrogens is 1. The maximum atomic E-state index is 13.0. The molecule has 0 saturated heterocycles. The molecule has 23 heavy (non-hydrogen) atoms. The summed E-state index contributed by atoms with van der Waals surface area (Å²) in [7, 11) is 1.59. The molecule has 1 N–H and O–H groups in total. The Labute approximate surface area is 136 Å². The van der Waals surface area contributed by atoms with Crippen LogP contribution >= 0.6 is 0 Å². The third-order valence-corrected chi connectivity index (χ3v) is 3.62. The summed E-state index contributed by atoms with van der Waals surface area (Å²) in [5.41, 5.74) is 1.18. The highest BCUT2D eigenvalue weighted by Crippen LogP contribution is 2.25. The van der Waals surface area contributed by atoms with Gasteiger partial charge in [-0.2, -0.15) is 0 Å². The predicted molar refractivity (Wildman–Crippen MR) is 90.9 cm³/mol. The van der Waals surface area contributed by atoms with Gasteiger partial charge in [-0.3, -0.25) is 9.78 Å². The normalized spacial score (nSPS) is 11.6. The maximum Gasteiger partial charge on any atom is 0.254 e. The lowest BCUT2D eigenvalue weighted by molar-refractivity contribution is 0.0315. The van der Waals surface area contributed by atoms with Crippen LogP contribution in [0.3, 0.4) is 0 Å². The Hall–Kier alpha value is -2.14. The van der Waals surface area contributed by atoms with Crippen molar-refractivity contribution in [3.05, 3.63) is 35.5 Å². The minimum absolute atomic E-state index is 0.113. The third kappa shape index (κ3) is 3.99. The maximum absolute atomic E-state index is 13.0. The van der Waals surface area contributed by atoms with E-state index in [1.807, 2.05) is 32.0 Å². The number of hydrogen-bond donors (Lipinski definition) is 1. The van der Waals surface area contributed by atoms with Gasteiger partial charge in [0.05, 0.1) is 23.8 Å². The number of aliphatic hydroxyl groups is 1. The van der Waals surface area contributed by atoms with Crippen LogP contribution in [0.15, 0.2) is 24.3 Å². The Morgan fingerprint density at radius 2 is 2.04 bits per heavy atom. The number of nitrogens with zero attached hydrogens (tertiary/aromatic N) is 2. The molecule has 0 aliphatic heterocycles. The summed E-state index contributed by atoms with van der Waals surface area (Å²) in [6.45, 7) is 7.96. The van der Waals surface area contributed by atoms with Gasteiger partial charge in [0, 0.05) is 24.2 Å². The molecule has 2 aromatic rings. The third-order valence-electron chi connectivity index (χ3n) is 3.62. The summed E-state index contributed by atoms with van der Waals surface area (Å²) in [6.07, 6.45) is 0. The lowest BCUT2D eigenvalue weighted by atomic mass is 10.0. The molecule has 0 saturated carbocycles. The lowest BCUT2D eigenvalue weighted by Gasteiger charge is -2.28. The molecule has 5 heteroatoms. The first kappa shape index (κ1) is 17.2. The van der Waals surface area contributed by atoms with Crippen molar-refractivity contribution in [3.8, 4) is 5.75 Å². The molecule has 5 nitrogen and oxygen atoms in total. The molecule has 1 heterocycles. The minimum Gasteiger partial charge on any atom is -0.497 e. The number of amides is 1. The van der Waals surface area contributed by atoms with Gasteiger partial charge in [-0.1, -0.05) is 0 Å². The van der Waals surface area contributed by atoms with Crippen LogP contribution in [0, 0.1) is 6.92 Å². The molecule has 0 spiro atoms. The van der Waals surface area contributed by atoms with Crippen molar-refractivity contribution in [2.75, 3.05) is 20.2 Å². The molecular weight excluding hydrogens is 292 g/mol. The first-order chi connectivity index (χ1) is 10.7. The predicted octanol–water partition coefficient (Wildman–Crippen LogP) is 2.78. The quantitative estimate of drug-likeness (QED) is 0.921. The van der Waals surface area contributed by atoms with Crippen LogP contribution in [0.5, 0.6) is 5.75 Å². The van der Waals surface area contributed by atoms with E-state index >= 15 is 0 Å². The number of carbonyl (C=O) groups excluding carboxylic acids is 1. The van der Waals surface area contributed by atoms with Crippen LogP contribution in [0.1, 0.15) is 36.8 Å². The van der Waals surface area contributed by atoms with E-state index in [1.54, 1.807) is 31.9 Å². The van der Waals surface area contributed by atoms with E-state index in [9.17, 15) is 9.90 Å². The smallest absolute Gasteiger partial charge is 0.254 e. The van der Waals surface area contributed by atoms with Gasteiger partial charge < -0.3 is 14.7 Å². The van der Waals surface area contributed by atoms with E-state index in [0.29, 0.717) is 17.9 Å². The van der Waals surface area contributed by atoms with E-state index < -0.39 is 5.60 Å². The van der Waals surface area contributed by atoms with E-state index in [4.69, 9.17) is 4.74 Å². The zero-order valence-electron chi connectivity index (χ0n) is 14.4. The first-order valence-corrected chi connectivity index (χ1v) is 7.72. The van der Waals surface area contributed by atoms with Crippen molar-refractivity contribution in [1.82, 2.24) is 9.88 Å². The van der Waals surface area contributed by atoms with Gasteiger partial charge in [-0.05, 0) is 52.0 Å². The van der Waals surface area contributed by atoms with Crippen LogP contribution in [0.25, 0.3) is 10.9 Å². The Balaban J connectivity index is 2.54. The number of ether oxygens (including phenoxy) is 1. The largest absolute Gasteiger partial charge is 0.497 e. The van der Waals surface area contributed by atoms with Gasteiger partial charge in [0.2, 0.25) is 0 Å². The van der Waals surface area contributed by atoms with Crippen molar-refractivity contribution >= 4 is 16.8 Å². The Morgan fingerprint density at radius 3 is 2.61 bits per heavy atom. The SMILES string of the molecule is CCN(CC(C)(C)O)C(=O)c1cc(C)nc2ccc(OC)cc12. The van der Waals surface area contributed by atoms with E-state index in [-0.39, 0.29) is 12.5 Å². The number of aryl methyl sites for hydroxylation is 1. The molecule has 0 fully saturated rings. The summed E-state index contributed by atoms with van der Waals surface area (Å²) in [4.78, 5) is 19.1. The number of fused-ring (bicyclic) bond motifs is 1. The highest BCUT2D eigenvalue weighted by molar-refractivity contribution is 6.06. The molecule has 0 unspecified atom stereocenters. The van der Waals surface area contributed by atoms with E-state index in [2.05, 4.69) is 4.98 Å². The lowest BCUT2D eigenvalue weighted by Crippen LogP contribution is -2.42. The standard InChI is InChI=1S/C18H24N2O3/c1-6-20(11-18(3,4)22)17(21)15-9-12(2)19-16-8-7-13(23-5)10-14(15)16/h7-10,22H,6,11H2,1-5H3. The average molecular weight is 316 g/mol. The molecule has 0 bridgehead atoms. The summed E-state index contributed by atoms with van der Waals surface area (Å²) in [5.74, 6) is 0.570. The molecule has 1 aromatic carbocycles. The molecular formula is C18H24N2O3. The van der Waals surface area contributed by atoms with Crippen LogP contribution in [0.2, 0.25) is 0 Å². The first-order valence-electron chi connectivity index (χ1n) is 7.72. The molecule has 0 atom stereocenters. The summed E-state index contributed by atoms with van der Waals surface area (Å²) >= 11 is 0. The van der Waals surface area contributed by atoms with E-state index in [1.165, 1.54) is 0 Å². The highest BCUT2D eigenvalue weighted by atomic mass is 16.5. The van der Waals surface area contributed by atoms with Gasteiger partial charge in [0.1, 0.15) is 5.75 Å². The second kappa shape index (κ2) is 6.54. The molecule has 124 valence electrons. The number of methoxy groups -OCH3 is 1. The highest BCUT2D eigenvalue weighted by Gasteiger charge is 2.24. The molecule has 0 radical (unpaired) electrons. The number of benzene rings is 1. The number of pyridine rings is 1. The van der Waals surface area contributed by atoms with Crippen molar-refractivity contribution in [3.63, 3.8) is 0 Å². The van der Waals surface area contributed by atoms with Crippen molar-refractivity contribution in [1.29, 1.82) is 0 Å². The number of carbonyl (C=O) groups is 1. The Bertz CT molecular complexity index is 720. The minimum atomic E-state index is -0.943. The number of rotatable bonds is 5. The fraction of sp³-hybridized carbons (Fsp3) is 0.444. The summed E-state index contributed by atoms with van der Waals surface area (Å²) in [5, 5.41) is 10.8. The van der Waals surface area contributed by atoms with Crippen molar-refractivity contribution in [2.24, 2.45) is 0 Å². The average Bonchev–Trinajstić information content (AvgIpc) is 2.49. The fourth-order valence-electron chi connectivity index (χ4n) is 2.61. The van der Waals surface area contributed by atoms with Crippen LogP contribution in [0.4, 0.5) is 0 Å². The molecule has 1 aromatic heterocycles. The van der Waals surface area contributed by atoms with Gasteiger partial charge in [0.25, 0.3) is 5.91 Å². The molecule has 0 aliphatic rings. The topological polar surface area (TPSA) is 62.7 Å². The van der Waals surface area contributed by atoms with Gasteiger partial charge in [-0.25, -0.2) is 0 Å². The second-order valence-electron chi connectivity index (χ2n) is 6.33. The monoisotopic (exact) mass is 316 g/mol. The zero-order chi connectivity index (χ0) is 17.2. The van der Waals surface area contributed by atoms with Crippen LogP contribution in [-0.4, -0.2) is 46.7 Å². The van der Waals surface area contributed by atoms with Gasteiger partial charge >= 0.3 is 0 Å². The second-order valence-corrected chi connectivity index (χ2v) is 6.33. The van der Waals surface area contributed by atoms with Crippen molar-refractivity contribution < 1.29 is 14.6 Å². The summed E-state index contributed by atoms with van der Waals surface area (Å²) < 4.78 is 5.26. The molecule has 2 rings (SSSR count). The molecule has 0 aliphatic carbocycles. The number of hydrogen-bond acceptors (Lipinski definition) is 4.